The van der Waals surface area contributed by atoms with E-state index in [9.17, 15) is 9.59 Å². The lowest BCUT2D eigenvalue weighted by atomic mass is 10.1. The van der Waals surface area contributed by atoms with Crippen LogP contribution in [0.2, 0.25) is 0 Å². The fraction of sp³-hybridized carbons (Fsp3) is 0.200. The predicted octanol–water partition coefficient (Wildman–Crippen LogP) is -0.178. The van der Waals surface area contributed by atoms with E-state index in [1.165, 1.54) is 0 Å². The Morgan fingerprint density at radius 2 is 1.88 bits per heavy atom. The second-order valence-electron chi connectivity index (χ2n) is 3.71. The molecule has 2 heterocycles. The van der Waals surface area contributed by atoms with Crippen molar-refractivity contribution in [3.05, 3.63) is 44.7 Å². The smallest absolute Gasteiger partial charge is 0.348 e. The first-order valence-electron chi connectivity index (χ1n) is 5.02. The maximum Gasteiger partial charge on any atom is 0.348 e. The Hall–Kier alpha value is -2.24. The number of benzene rings is 1. The molecule has 0 spiro atoms. The van der Waals surface area contributed by atoms with E-state index in [0.717, 1.165) is 28.8 Å². The molecule has 0 radical (unpaired) electrons. The molecule has 3 N–H and O–H groups in total. The minimum atomic E-state index is -0.448. The summed E-state index contributed by atoms with van der Waals surface area (Å²) in [6.45, 7) is 0.900. The van der Waals surface area contributed by atoms with E-state index in [2.05, 4.69) is 15.5 Å². The van der Waals surface area contributed by atoms with Crippen LogP contribution in [0.1, 0.15) is 5.56 Å². The van der Waals surface area contributed by atoms with Crippen LogP contribution in [0.3, 0.4) is 0 Å². The van der Waals surface area contributed by atoms with Crippen molar-refractivity contribution in [3.8, 4) is 5.69 Å². The van der Waals surface area contributed by atoms with Gasteiger partial charge in [0.05, 0.1) is 5.69 Å². The Labute approximate surface area is 89.9 Å². The van der Waals surface area contributed by atoms with Gasteiger partial charge in [0.1, 0.15) is 0 Å². The van der Waals surface area contributed by atoms with Gasteiger partial charge >= 0.3 is 11.4 Å². The van der Waals surface area contributed by atoms with Crippen LogP contribution in [0, 0.1) is 0 Å². The molecule has 0 amide bonds. The van der Waals surface area contributed by atoms with Gasteiger partial charge in [-0.25, -0.2) is 24.4 Å². The number of fused-ring (bicyclic) bond motifs is 1. The van der Waals surface area contributed by atoms with Crippen molar-refractivity contribution in [2.45, 2.75) is 6.42 Å². The molecule has 1 aliphatic rings. The molecule has 82 valence electrons. The summed E-state index contributed by atoms with van der Waals surface area (Å²) in [5.41, 5.74) is 1.90. The highest BCUT2D eigenvalue weighted by Crippen LogP contribution is 2.23. The summed E-state index contributed by atoms with van der Waals surface area (Å²) in [6, 6.07) is 5.50. The van der Waals surface area contributed by atoms with Crippen molar-refractivity contribution >= 4 is 5.69 Å². The minimum Gasteiger partial charge on any atom is -0.384 e. The Bertz CT molecular complexity index is 622. The maximum atomic E-state index is 11.4. The van der Waals surface area contributed by atoms with Gasteiger partial charge in [-0.2, -0.15) is 0 Å². The fourth-order valence-electron chi connectivity index (χ4n) is 1.98. The lowest BCUT2D eigenvalue weighted by Crippen LogP contribution is -2.24. The highest BCUT2D eigenvalue weighted by atomic mass is 16.2. The van der Waals surface area contributed by atoms with E-state index >= 15 is 0 Å². The van der Waals surface area contributed by atoms with Gasteiger partial charge in [-0.1, -0.05) is 0 Å². The van der Waals surface area contributed by atoms with Crippen molar-refractivity contribution in [2.24, 2.45) is 0 Å². The number of nitrogens with zero attached hydrogens (tertiary/aromatic N) is 1. The Balaban J connectivity index is 2.22. The zero-order valence-corrected chi connectivity index (χ0v) is 8.41. The fourth-order valence-corrected chi connectivity index (χ4v) is 1.98. The van der Waals surface area contributed by atoms with Crippen LogP contribution in [0.15, 0.2) is 27.8 Å². The highest BCUT2D eigenvalue weighted by molar-refractivity contribution is 5.59. The van der Waals surface area contributed by atoms with Crippen LogP contribution in [-0.2, 0) is 6.42 Å². The number of nitrogens with one attached hydrogen (secondary N) is 3. The Morgan fingerprint density at radius 1 is 1.12 bits per heavy atom. The van der Waals surface area contributed by atoms with Crippen molar-refractivity contribution in [1.29, 1.82) is 0 Å². The van der Waals surface area contributed by atoms with Crippen molar-refractivity contribution in [2.75, 3.05) is 11.9 Å². The first-order valence-corrected chi connectivity index (χ1v) is 5.02. The quantitative estimate of drug-likeness (QED) is 0.621. The second kappa shape index (κ2) is 3.13. The minimum absolute atomic E-state index is 0.448. The van der Waals surface area contributed by atoms with Gasteiger partial charge in [0, 0.05) is 12.2 Å². The first-order chi connectivity index (χ1) is 7.75. The molecule has 0 atom stereocenters. The summed E-state index contributed by atoms with van der Waals surface area (Å²) in [7, 11) is 0. The second-order valence-corrected chi connectivity index (χ2v) is 3.71. The molecule has 0 saturated carbocycles. The summed E-state index contributed by atoms with van der Waals surface area (Å²) in [4.78, 5) is 22.8. The van der Waals surface area contributed by atoms with E-state index < -0.39 is 11.4 Å². The summed E-state index contributed by atoms with van der Waals surface area (Å²) in [5.74, 6) is 0. The third-order valence-electron chi connectivity index (χ3n) is 2.74. The Kier molecular flexibility index (Phi) is 1.76. The SMILES string of the molecule is O=c1[nH][nH]c(=O)n1-c1ccc2c(c1)CCN2. The maximum absolute atomic E-state index is 11.4. The number of hydrogen-bond donors (Lipinski definition) is 3. The standard InChI is InChI=1S/C10H10N4O2/c15-9-12-13-10(16)14(9)7-1-2-8-6(5-7)3-4-11-8/h1-2,5,11H,3-4H2,(H,12,15)(H,13,16). The van der Waals surface area contributed by atoms with Crippen LogP contribution in [0.4, 0.5) is 5.69 Å². The predicted molar refractivity (Wildman–Crippen MR) is 59.2 cm³/mol. The molecule has 1 aromatic heterocycles. The van der Waals surface area contributed by atoms with E-state index in [4.69, 9.17) is 0 Å². The van der Waals surface area contributed by atoms with Gasteiger partial charge in [-0.15, -0.1) is 0 Å². The van der Waals surface area contributed by atoms with Gasteiger partial charge < -0.3 is 5.32 Å². The molecule has 1 aromatic carbocycles. The average molecular weight is 218 g/mol. The topological polar surface area (TPSA) is 82.7 Å². The monoisotopic (exact) mass is 218 g/mol. The molecule has 0 unspecified atom stereocenters. The van der Waals surface area contributed by atoms with E-state index in [1.807, 2.05) is 12.1 Å². The summed E-state index contributed by atoms with van der Waals surface area (Å²) < 4.78 is 1.08. The van der Waals surface area contributed by atoms with Crippen molar-refractivity contribution < 1.29 is 0 Å². The lowest BCUT2D eigenvalue weighted by molar-refractivity contribution is 0.948. The summed E-state index contributed by atoms with van der Waals surface area (Å²) in [5, 5.41) is 7.74. The number of aromatic amines is 2. The molecular formula is C10H10N4O2. The van der Waals surface area contributed by atoms with Gasteiger partial charge in [0.25, 0.3) is 0 Å². The Morgan fingerprint density at radius 3 is 2.62 bits per heavy atom. The zero-order chi connectivity index (χ0) is 11.1. The molecule has 0 saturated heterocycles. The van der Waals surface area contributed by atoms with Crippen LogP contribution in [0.25, 0.3) is 5.69 Å². The number of H-pyrrole nitrogens is 2. The van der Waals surface area contributed by atoms with Gasteiger partial charge in [-0.05, 0) is 30.2 Å². The average Bonchev–Trinajstić information content (AvgIpc) is 2.85. The zero-order valence-electron chi connectivity index (χ0n) is 8.41. The lowest BCUT2D eigenvalue weighted by Gasteiger charge is -2.03. The molecule has 16 heavy (non-hydrogen) atoms. The van der Waals surface area contributed by atoms with Crippen molar-refractivity contribution in [1.82, 2.24) is 14.8 Å². The molecular weight excluding hydrogens is 208 g/mol. The molecule has 3 rings (SSSR count). The number of aromatic nitrogens is 3. The van der Waals surface area contributed by atoms with E-state index in [1.54, 1.807) is 6.07 Å². The van der Waals surface area contributed by atoms with Crippen LogP contribution >= 0.6 is 0 Å². The van der Waals surface area contributed by atoms with Crippen molar-refractivity contribution in [3.63, 3.8) is 0 Å². The number of anilines is 1. The van der Waals surface area contributed by atoms with E-state index in [0.29, 0.717) is 5.69 Å². The molecule has 2 aromatic rings. The molecule has 0 fully saturated rings. The van der Waals surface area contributed by atoms with Gasteiger partial charge in [-0.3, -0.25) is 0 Å². The highest BCUT2D eigenvalue weighted by Gasteiger charge is 2.12. The van der Waals surface area contributed by atoms with Crippen LogP contribution in [-0.4, -0.2) is 21.3 Å². The molecule has 1 aliphatic heterocycles. The van der Waals surface area contributed by atoms with Crippen LogP contribution in [0.5, 0.6) is 0 Å². The molecule has 0 bridgehead atoms. The largest absolute Gasteiger partial charge is 0.384 e. The molecule has 6 heteroatoms. The molecule has 6 nitrogen and oxygen atoms in total. The first kappa shape index (κ1) is 9.02. The van der Waals surface area contributed by atoms with Gasteiger partial charge in [0.15, 0.2) is 0 Å². The number of rotatable bonds is 1. The number of hydrogen-bond acceptors (Lipinski definition) is 3. The normalized spacial score (nSPS) is 13.5. The molecule has 0 aliphatic carbocycles. The van der Waals surface area contributed by atoms with Crippen LogP contribution < -0.4 is 16.7 Å². The third kappa shape index (κ3) is 1.19. The third-order valence-corrected chi connectivity index (χ3v) is 2.74. The summed E-state index contributed by atoms with van der Waals surface area (Å²) >= 11 is 0. The summed E-state index contributed by atoms with van der Waals surface area (Å²) in [6.07, 6.45) is 0.917. The van der Waals surface area contributed by atoms with Gasteiger partial charge in [0.2, 0.25) is 0 Å². The van der Waals surface area contributed by atoms with E-state index in [-0.39, 0.29) is 0 Å².